The molecule has 1 aromatic heterocycles. The molecular weight excluding hydrogens is 230 g/mol. The van der Waals surface area contributed by atoms with E-state index in [2.05, 4.69) is 14.7 Å². The number of nitrogens with one attached hydrogen (secondary N) is 2. The molecule has 0 spiro atoms. The van der Waals surface area contributed by atoms with Crippen LogP contribution in [0.3, 0.4) is 0 Å². The minimum absolute atomic E-state index is 0.0314. The predicted octanol–water partition coefficient (Wildman–Crippen LogP) is -0.356. The van der Waals surface area contributed by atoms with Gasteiger partial charge in [-0.2, -0.15) is 0 Å². The summed E-state index contributed by atoms with van der Waals surface area (Å²) in [5.74, 6) is 0.0660. The maximum Gasteiger partial charge on any atom is 0.211 e. The van der Waals surface area contributed by atoms with Crippen molar-refractivity contribution in [3.63, 3.8) is 0 Å². The lowest BCUT2D eigenvalue weighted by Gasteiger charge is -2.05. The Morgan fingerprint density at radius 2 is 2.25 bits per heavy atom. The van der Waals surface area contributed by atoms with Crippen LogP contribution >= 0.6 is 0 Å². The van der Waals surface area contributed by atoms with E-state index in [-0.39, 0.29) is 12.4 Å². The Bertz CT molecular complexity index is 375. The number of hydrogen-bond donors (Lipinski definition) is 3. The Morgan fingerprint density at radius 3 is 2.88 bits per heavy atom. The molecule has 0 aliphatic heterocycles. The van der Waals surface area contributed by atoms with Crippen LogP contribution in [0.5, 0.6) is 0 Å². The summed E-state index contributed by atoms with van der Waals surface area (Å²) >= 11 is 0. The lowest BCUT2D eigenvalue weighted by molar-refractivity contribution is 0.287. The normalized spacial score (nSPS) is 11.8. The summed E-state index contributed by atoms with van der Waals surface area (Å²) in [6.07, 6.45) is 4.82. The number of unbranched alkanes of at least 4 members (excludes halogenated alkanes) is 1. The van der Waals surface area contributed by atoms with Crippen molar-refractivity contribution in [1.82, 2.24) is 14.7 Å². The summed E-state index contributed by atoms with van der Waals surface area (Å²) in [5, 5.41) is 8.54. The fourth-order valence-electron chi connectivity index (χ4n) is 1.24. The zero-order chi connectivity index (χ0) is 11.9. The van der Waals surface area contributed by atoms with E-state index in [0.29, 0.717) is 25.8 Å². The molecule has 16 heavy (non-hydrogen) atoms. The first-order valence-corrected chi connectivity index (χ1v) is 6.85. The van der Waals surface area contributed by atoms with Crippen molar-refractivity contribution >= 4 is 10.0 Å². The molecule has 0 bridgehead atoms. The Kier molecular flexibility index (Phi) is 5.44. The molecule has 0 atom stereocenters. The standard InChI is InChI=1S/C9H17N3O3S/c13-5-1-2-6-16(14,15)12-4-3-9-7-10-8-11-9/h7-8,12-13H,1-6H2,(H,10,11). The largest absolute Gasteiger partial charge is 0.396 e. The molecule has 1 aromatic rings. The molecule has 0 aliphatic rings. The zero-order valence-electron chi connectivity index (χ0n) is 9.02. The molecule has 7 heteroatoms. The molecule has 92 valence electrons. The van der Waals surface area contributed by atoms with Gasteiger partial charge in [-0.05, 0) is 12.8 Å². The van der Waals surface area contributed by atoms with Crippen LogP contribution < -0.4 is 4.72 Å². The fraction of sp³-hybridized carbons (Fsp3) is 0.667. The Morgan fingerprint density at radius 1 is 1.44 bits per heavy atom. The molecular formula is C9H17N3O3S. The van der Waals surface area contributed by atoms with Crippen LogP contribution in [-0.4, -0.2) is 42.4 Å². The second-order valence-electron chi connectivity index (χ2n) is 3.47. The summed E-state index contributed by atoms with van der Waals surface area (Å²) < 4.78 is 25.3. The van der Waals surface area contributed by atoms with Crippen molar-refractivity contribution < 1.29 is 13.5 Å². The van der Waals surface area contributed by atoms with Crippen LogP contribution in [0.2, 0.25) is 0 Å². The number of imidazole rings is 1. The van der Waals surface area contributed by atoms with Crippen LogP contribution in [0.25, 0.3) is 0 Å². The predicted molar refractivity (Wildman–Crippen MR) is 60.4 cm³/mol. The van der Waals surface area contributed by atoms with Crippen molar-refractivity contribution in [1.29, 1.82) is 0 Å². The summed E-state index contributed by atoms with van der Waals surface area (Å²) in [5.41, 5.74) is 0.901. The minimum Gasteiger partial charge on any atom is -0.396 e. The highest BCUT2D eigenvalue weighted by atomic mass is 32.2. The van der Waals surface area contributed by atoms with Crippen LogP contribution in [-0.2, 0) is 16.4 Å². The molecule has 3 N–H and O–H groups in total. The van der Waals surface area contributed by atoms with E-state index in [4.69, 9.17) is 5.11 Å². The molecule has 0 fully saturated rings. The van der Waals surface area contributed by atoms with Gasteiger partial charge in [-0.25, -0.2) is 18.1 Å². The smallest absolute Gasteiger partial charge is 0.211 e. The first-order valence-electron chi connectivity index (χ1n) is 5.19. The maximum absolute atomic E-state index is 11.4. The molecule has 0 saturated heterocycles. The zero-order valence-corrected chi connectivity index (χ0v) is 9.83. The summed E-state index contributed by atoms with van der Waals surface area (Å²) in [7, 11) is -3.20. The van der Waals surface area contributed by atoms with Gasteiger partial charge in [-0.15, -0.1) is 0 Å². The van der Waals surface area contributed by atoms with E-state index in [1.165, 1.54) is 0 Å². The number of aliphatic hydroxyl groups is 1. The molecule has 1 heterocycles. The average Bonchev–Trinajstić information content (AvgIpc) is 2.70. The van der Waals surface area contributed by atoms with Crippen LogP contribution in [0, 0.1) is 0 Å². The van der Waals surface area contributed by atoms with Crippen LogP contribution in [0.1, 0.15) is 18.5 Å². The summed E-state index contributed by atoms with van der Waals surface area (Å²) in [6, 6.07) is 0. The van der Waals surface area contributed by atoms with Crippen molar-refractivity contribution in [3.05, 3.63) is 18.2 Å². The third-order valence-corrected chi connectivity index (χ3v) is 3.56. The summed E-state index contributed by atoms with van der Waals surface area (Å²) in [6.45, 7) is 0.396. The molecule has 0 aliphatic carbocycles. The van der Waals surface area contributed by atoms with Gasteiger partial charge in [0.25, 0.3) is 0 Å². The quantitative estimate of drug-likeness (QED) is 0.547. The van der Waals surface area contributed by atoms with Gasteiger partial charge in [-0.1, -0.05) is 0 Å². The van der Waals surface area contributed by atoms with Crippen molar-refractivity contribution in [2.45, 2.75) is 19.3 Å². The van der Waals surface area contributed by atoms with Gasteiger partial charge in [0.2, 0.25) is 10.0 Å². The lowest BCUT2D eigenvalue weighted by Crippen LogP contribution is -2.28. The second kappa shape index (κ2) is 6.62. The topological polar surface area (TPSA) is 95.1 Å². The van der Waals surface area contributed by atoms with E-state index in [1.54, 1.807) is 12.5 Å². The van der Waals surface area contributed by atoms with Crippen LogP contribution in [0.4, 0.5) is 0 Å². The number of hydrogen-bond acceptors (Lipinski definition) is 4. The first-order chi connectivity index (χ1) is 7.64. The highest BCUT2D eigenvalue weighted by Gasteiger charge is 2.08. The Balaban J connectivity index is 2.20. The number of rotatable bonds is 8. The van der Waals surface area contributed by atoms with Gasteiger partial charge in [0.15, 0.2) is 0 Å². The fourth-order valence-corrected chi connectivity index (χ4v) is 2.38. The molecule has 6 nitrogen and oxygen atoms in total. The van der Waals surface area contributed by atoms with E-state index >= 15 is 0 Å². The SMILES string of the molecule is O=S(=O)(CCCCO)NCCc1cnc[nH]1. The number of sulfonamides is 1. The van der Waals surface area contributed by atoms with Gasteiger partial charge >= 0.3 is 0 Å². The van der Waals surface area contributed by atoms with Gasteiger partial charge in [0.05, 0.1) is 12.1 Å². The highest BCUT2D eigenvalue weighted by molar-refractivity contribution is 7.89. The Labute approximate surface area is 95.2 Å². The third kappa shape index (κ3) is 5.24. The maximum atomic E-state index is 11.4. The van der Waals surface area contributed by atoms with Crippen LogP contribution in [0.15, 0.2) is 12.5 Å². The molecule has 0 aromatic carbocycles. The van der Waals surface area contributed by atoms with E-state index in [0.717, 1.165) is 5.69 Å². The number of nitrogens with zero attached hydrogens (tertiary/aromatic N) is 1. The van der Waals surface area contributed by atoms with E-state index < -0.39 is 10.0 Å². The number of aromatic amines is 1. The Hall–Kier alpha value is -0.920. The third-order valence-electron chi connectivity index (χ3n) is 2.09. The second-order valence-corrected chi connectivity index (χ2v) is 5.40. The van der Waals surface area contributed by atoms with E-state index in [9.17, 15) is 8.42 Å². The number of aromatic nitrogens is 2. The molecule has 0 saturated carbocycles. The first kappa shape index (κ1) is 13.1. The lowest BCUT2D eigenvalue weighted by atomic mass is 10.3. The number of aliphatic hydroxyl groups excluding tert-OH is 1. The molecule has 0 radical (unpaired) electrons. The summed E-state index contributed by atoms with van der Waals surface area (Å²) in [4.78, 5) is 6.73. The van der Waals surface area contributed by atoms with Crippen molar-refractivity contribution in [3.8, 4) is 0 Å². The molecule has 1 rings (SSSR count). The molecule has 0 amide bonds. The number of H-pyrrole nitrogens is 1. The average molecular weight is 247 g/mol. The molecule has 0 unspecified atom stereocenters. The van der Waals surface area contributed by atoms with Gasteiger partial charge in [0, 0.05) is 31.5 Å². The monoisotopic (exact) mass is 247 g/mol. The van der Waals surface area contributed by atoms with Crippen molar-refractivity contribution in [2.24, 2.45) is 0 Å². The van der Waals surface area contributed by atoms with Gasteiger partial charge in [0.1, 0.15) is 0 Å². The minimum atomic E-state index is -3.20. The van der Waals surface area contributed by atoms with Crippen molar-refractivity contribution in [2.75, 3.05) is 18.9 Å². The highest BCUT2D eigenvalue weighted by Crippen LogP contribution is 1.95. The van der Waals surface area contributed by atoms with E-state index in [1.807, 2.05) is 0 Å². The van der Waals surface area contributed by atoms with Gasteiger partial charge in [-0.3, -0.25) is 0 Å². The van der Waals surface area contributed by atoms with Gasteiger partial charge < -0.3 is 10.1 Å².